The van der Waals surface area contributed by atoms with Crippen LogP contribution in [0.3, 0.4) is 0 Å². The lowest BCUT2D eigenvalue weighted by atomic mass is 10.0. The third kappa shape index (κ3) is 2.79. The maximum Gasteiger partial charge on any atom is 0.243 e. The summed E-state index contributed by atoms with van der Waals surface area (Å²) in [5.74, 6) is 1.09. The Hall–Kier alpha value is -1.62. The Morgan fingerprint density at radius 2 is 2.17 bits per heavy atom. The lowest BCUT2D eigenvalue weighted by Crippen LogP contribution is -2.26. The fraction of sp³-hybridized carbons (Fsp3) is 0.538. The molecule has 0 saturated heterocycles. The Morgan fingerprint density at radius 1 is 1.39 bits per heavy atom. The van der Waals surface area contributed by atoms with Crippen LogP contribution in [0.5, 0.6) is 0 Å². The Morgan fingerprint density at radius 3 is 2.78 bits per heavy atom. The molecular formula is C13H20N4O. The molecule has 2 aromatic heterocycles. The number of fused-ring (bicyclic) bond motifs is 1. The number of nitrogens with zero attached hydrogens (tertiary/aromatic N) is 3. The third-order valence-corrected chi connectivity index (χ3v) is 2.86. The Balaban J connectivity index is 2.18. The summed E-state index contributed by atoms with van der Waals surface area (Å²) >= 11 is 0. The monoisotopic (exact) mass is 248 g/mol. The van der Waals surface area contributed by atoms with E-state index in [0.717, 1.165) is 17.8 Å². The fourth-order valence-electron chi connectivity index (χ4n) is 2.03. The van der Waals surface area contributed by atoms with Gasteiger partial charge in [-0.15, -0.1) is 5.10 Å². The SMILES string of the molecule is Cc1cccc2nc(NC(CO)CC(C)C)nn12. The smallest absolute Gasteiger partial charge is 0.243 e. The van der Waals surface area contributed by atoms with Crippen LogP contribution < -0.4 is 5.32 Å². The Kier molecular flexibility index (Phi) is 3.81. The summed E-state index contributed by atoms with van der Waals surface area (Å²) in [6.07, 6.45) is 0.894. The molecule has 2 aromatic rings. The molecule has 1 atom stereocenters. The average molecular weight is 248 g/mol. The molecule has 2 N–H and O–H groups in total. The molecule has 0 aliphatic rings. The number of aliphatic hydroxyl groups excluding tert-OH is 1. The molecule has 0 radical (unpaired) electrons. The van der Waals surface area contributed by atoms with Gasteiger partial charge in [0.15, 0.2) is 5.65 Å². The van der Waals surface area contributed by atoms with E-state index in [-0.39, 0.29) is 12.6 Å². The lowest BCUT2D eigenvalue weighted by Gasteiger charge is -2.16. The normalized spacial score (nSPS) is 13.2. The predicted octanol–water partition coefficient (Wildman–Crippen LogP) is 1.86. The Bertz CT molecular complexity index is 521. The zero-order valence-electron chi connectivity index (χ0n) is 11.1. The van der Waals surface area contributed by atoms with Gasteiger partial charge in [-0.3, -0.25) is 0 Å². The summed E-state index contributed by atoms with van der Waals surface area (Å²) in [5, 5.41) is 16.9. The van der Waals surface area contributed by atoms with Gasteiger partial charge < -0.3 is 10.4 Å². The minimum Gasteiger partial charge on any atom is -0.394 e. The molecule has 0 saturated carbocycles. The van der Waals surface area contributed by atoms with Crippen molar-refractivity contribution < 1.29 is 5.11 Å². The van der Waals surface area contributed by atoms with Crippen molar-refractivity contribution >= 4 is 11.6 Å². The van der Waals surface area contributed by atoms with E-state index < -0.39 is 0 Å². The lowest BCUT2D eigenvalue weighted by molar-refractivity contribution is 0.259. The molecule has 0 spiro atoms. The van der Waals surface area contributed by atoms with E-state index >= 15 is 0 Å². The highest BCUT2D eigenvalue weighted by Crippen LogP contribution is 2.12. The van der Waals surface area contributed by atoms with Crippen molar-refractivity contribution in [1.29, 1.82) is 0 Å². The highest BCUT2D eigenvalue weighted by atomic mass is 16.3. The number of aliphatic hydroxyl groups is 1. The van der Waals surface area contributed by atoms with Crippen molar-refractivity contribution in [2.75, 3.05) is 11.9 Å². The summed E-state index contributed by atoms with van der Waals surface area (Å²) in [5.41, 5.74) is 1.86. The standard InChI is InChI=1S/C13H20N4O/c1-9(2)7-11(8-18)14-13-15-12-6-4-5-10(3)17(12)16-13/h4-6,9,11,18H,7-8H2,1-3H3,(H,14,16). The van der Waals surface area contributed by atoms with Gasteiger partial charge in [0.05, 0.1) is 12.6 Å². The predicted molar refractivity (Wildman–Crippen MR) is 71.7 cm³/mol. The zero-order chi connectivity index (χ0) is 13.1. The van der Waals surface area contributed by atoms with Crippen molar-refractivity contribution in [3.8, 4) is 0 Å². The molecule has 2 heterocycles. The second kappa shape index (κ2) is 5.35. The molecule has 18 heavy (non-hydrogen) atoms. The largest absolute Gasteiger partial charge is 0.394 e. The number of nitrogens with one attached hydrogen (secondary N) is 1. The molecule has 5 heteroatoms. The molecule has 0 fully saturated rings. The van der Waals surface area contributed by atoms with E-state index in [0.29, 0.717) is 11.9 Å². The molecule has 0 aliphatic carbocycles. The van der Waals surface area contributed by atoms with Crippen molar-refractivity contribution in [1.82, 2.24) is 14.6 Å². The molecule has 1 unspecified atom stereocenters. The number of anilines is 1. The average Bonchev–Trinajstić information content (AvgIpc) is 2.71. The molecule has 0 amide bonds. The van der Waals surface area contributed by atoms with Gasteiger partial charge in [0.2, 0.25) is 5.95 Å². The second-order valence-electron chi connectivity index (χ2n) is 5.03. The zero-order valence-corrected chi connectivity index (χ0v) is 11.1. The van der Waals surface area contributed by atoms with Gasteiger partial charge in [0.1, 0.15) is 0 Å². The van der Waals surface area contributed by atoms with Crippen molar-refractivity contribution in [2.45, 2.75) is 33.2 Å². The molecule has 98 valence electrons. The van der Waals surface area contributed by atoms with Crippen LogP contribution in [-0.4, -0.2) is 32.4 Å². The fourth-order valence-corrected chi connectivity index (χ4v) is 2.03. The minimum absolute atomic E-state index is 0.00252. The number of pyridine rings is 1. The molecule has 2 rings (SSSR count). The number of hydrogen-bond donors (Lipinski definition) is 2. The summed E-state index contributed by atoms with van der Waals surface area (Å²) in [6.45, 7) is 6.34. The molecule has 5 nitrogen and oxygen atoms in total. The molecule has 0 aromatic carbocycles. The molecule has 0 bridgehead atoms. The van der Waals surface area contributed by atoms with Gasteiger partial charge in [-0.2, -0.15) is 4.98 Å². The van der Waals surface area contributed by atoms with Crippen molar-refractivity contribution in [3.05, 3.63) is 23.9 Å². The van der Waals surface area contributed by atoms with E-state index in [1.165, 1.54) is 0 Å². The first kappa shape index (κ1) is 12.8. The van der Waals surface area contributed by atoms with Gasteiger partial charge in [-0.05, 0) is 31.4 Å². The number of aryl methyl sites for hydroxylation is 1. The number of hydrogen-bond acceptors (Lipinski definition) is 4. The maximum absolute atomic E-state index is 9.34. The highest BCUT2D eigenvalue weighted by molar-refractivity contribution is 5.44. The highest BCUT2D eigenvalue weighted by Gasteiger charge is 2.12. The van der Waals surface area contributed by atoms with Crippen molar-refractivity contribution in [3.63, 3.8) is 0 Å². The summed E-state index contributed by atoms with van der Waals surface area (Å²) in [7, 11) is 0. The summed E-state index contributed by atoms with van der Waals surface area (Å²) in [4.78, 5) is 4.40. The summed E-state index contributed by atoms with van der Waals surface area (Å²) < 4.78 is 1.80. The van der Waals surface area contributed by atoms with Crippen LogP contribution in [0.1, 0.15) is 26.0 Å². The number of rotatable bonds is 5. The van der Waals surface area contributed by atoms with Gasteiger partial charge in [-0.1, -0.05) is 19.9 Å². The first-order valence-electron chi connectivity index (χ1n) is 6.30. The van der Waals surface area contributed by atoms with Gasteiger partial charge >= 0.3 is 0 Å². The van der Waals surface area contributed by atoms with E-state index in [2.05, 4.69) is 29.2 Å². The maximum atomic E-state index is 9.34. The first-order chi connectivity index (χ1) is 8.60. The van der Waals surface area contributed by atoms with Crippen LogP contribution >= 0.6 is 0 Å². The van der Waals surface area contributed by atoms with E-state index in [1.807, 2.05) is 25.1 Å². The topological polar surface area (TPSA) is 62.5 Å². The molecule has 0 aliphatic heterocycles. The second-order valence-corrected chi connectivity index (χ2v) is 5.03. The van der Waals surface area contributed by atoms with E-state index in [1.54, 1.807) is 4.52 Å². The quantitative estimate of drug-likeness (QED) is 0.847. The van der Waals surface area contributed by atoms with Crippen molar-refractivity contribution in [2.24, 2.45) is 5.92 Å². The van der Waals surface area contributed by atoms with Crippen LogP contribution in [0.15, 0.2) is 18.2 Å². The summed E-state index contributed by atoms with van der Waals surface area (Å²) in [6, 6.07) is 5.87. The van der Waals surface area contributed by atoms with E-state index in [9.17, 15) is 5.11 Å². The van der Waals surface area contributed by atoms with Crippen LogP contribution in [0.25, 0.3) is 5.65 Å². The van der Waals surface area contributed by atoms with Gasteiger partial charge in [-0.25, -0.2) is 4.52 Å². The van der Waals surface area contributed by atoms with Crippen LogP contribution in [0.4, 0.5) is 5.95 Å². The first-order valence-corrected chi connectivity index (χ1v) is 6.30. The Labute approximate surface area is 107 Å². The minimum atomic E-state index is 0.00252. The van der Waals surface area contributed by atoms with Crippen LogP contribution in [-0.2, 0) is 0 Å². The third-order valence-electron chi connectivity index (χ3n) is 2.86. The number of aromatic nitrogens is 3. The van der Waals surface area contributed by atoms with Crippen LogP contribution in [0, 0.1) is 12.8 Å². The van der Waals surface area contributed by atoms with Crippen LogP contribution in [0.2, 0.25) is 0 Å². The van der Waals surface area contributed by atoms with Gasteiger partial charge in [0, 0.05) is 5.69 Å². The molecular weight excluding hydrogens is 228 g/mol. The van der Waals surface area contributed by atoms with E-state index in [4.69, 9.17) is 0 Å². The van der Waals surface area contributed by atoms with Gasteiger partial charge in [0.25, 0.3) is 0 Å².